The second-order valence-corrected chi connectivity index (χ2v) is 5.93. The van der Waals surface area contributed by atoms with Gasteiger partial charge in [-0.2, -0.15) is 0 Å². The number of benzene rings is 1. The first-order valence-corrected chi connectivity index (χ1v) is 7.40. The van der Waals surface area contributed by atoms with E-state index in [2.05, 4.69) is 34.8 Å². The van der Waals surface area contributed by atoms with E-state index in [1.807, 2.05) is 11.9 Å². The topological polar surface area (TPSA) is 3.24 Å². The van der Waals surface area contributed by atoms with Crippen molar-refractivity contribution in [1.29, 1.82) is 0 Å². The molecule has 1 saturated heterocycles. The first kappa shape index (κ1) is 10.7. The Morgan fingerprint density at radius 3 is 2.62 bits per heavy atom. The summed E-state index contributed by atoms with van der Waals surface area (Å²) in [6.45, 7) is 2.52. The molecule has 0 atom stereocenters. The first-order valence-electron chi connectivity index (χ1n) is 6.21. The van der Waals surface area contributed by atoms with Crippen LogP contribution in [0.25, 0.3) is 0 Å². The lowest BCUT2D eigenvalue weighted by Crippen LogP contribution is -2.38. The molecule has 0 bridgehead atoms. The Morgan fingerprint density at radius 2 is 1.88 bits per heavy atom. The van der Waals surface area contributed by atoms with Crippen molar-refractivity contribution in [2.75, 3.05) is 19.3 Å². The third-order valence-electron chi connectivity index (χ3n) is 4.40. The van der Waals surface area contributed by atoms with Crippen LogP contribution in [0.3, 0.4) is 0 Å². The van der Waals surface area contributed by atoms with Gasteiger partial charge in [0.05, 0.1) is 0 Å². The summed E-state index contributed by atoms with van der Waals surface area (Å²) in [5.74, 6) is 0. The summed E-state index contributed by atoms with van der Waals surface area (Å²) < 4.78 is 2.51. The fourth-order valence-electron chi connectivity index (χ4n) is 3.38. The number of hydrogen-bond donors (Lipinski definition) is 0. The molecule has 1 aromatic rings. The van der Waals surface area contributed by atoms with E-state index in [0.29, 0.717) is 5.41 Å². The zero-order chi connectivity index (χ0) is 11.0. The second kappa shape index (κ2) is 4.08. The van der Waals surface area contributed by atoms with Crippen LogP contribution in [0.15, 0.2) is 24.3 Å². The Morgan fingerprint density at radius 1 is 1.12 bits per heavy atom. The summed E-state index contributed by atoms with van der Waals surface area (Å²) in [6, 6.07) is 9.10. The Hall–Kier alpha value is -0.470. The molecule has 86 valence electrons. The van der Waals surface area contributed by atoms with Crippen molar-refractivity contribution in [3.63, 3.8) is 0 Å². The van der Waals surface area contributed by atoms with Gasteiger partial charge < -0.3 is 0 Å². The molecule has 1 fully saturated rings. The molecule has 2 aliphatic rings. The van der Waals surface area contributed by atoms with E-state index in [1.54, 1.807) is 11.1 Å². The molecule has 1 aliphatic carbocycles. The highest BCUT2D eigenvalue weighted by atomic mass is 32.2. The normalized spacial score (nSPS) is 23.6. The van der Waals surface area contributed by atoms with Gasteiger partial charge in [-0.15, -0.1) is 0 Å². The molecule has 1 heterocycles. The van der Waals surface area contributed by atoms with Gasteiger partial charge >= 0.3 is 0 Å². The Balaban J connectivity index is 1.87. The molecular weight excluding hydrogens is 214 g/mol. The summed E-state index contributed by atoms with van der Waals surface area (Å²) in [6.07, 6.45) is 7.58. The molecule has 2 heteroatoms. The SMILES string of the molecule is CSN1CCC2(CCc3ccccc32)CC1. The number of rotatable bonds is 1. The van der Waals surface area contributed by atoms with Crippen LogP contribution >= 0.6 is 11.9 Å². The molecule has 0 aromatic heterocycles. The quantitative estimate of drug-likeness (QED) is 0.685. The van der Waals surface area contributed by atoms with E-state index in [0.717, 1.165) is 0 Å². The zero-order valence-corrected chi connectivity index (χ0v) is 10.7. The fraction of sp³-hybridized carbons (Fsp3) is 0.571. The highest BCUT2D eigenvalue weighted by molar-refractivity contribution is 7.96. The van der Waals surface area contributed by atoms with Gasteiger partial charge in [-0.3, -0.25) is 4.31 Å². The van der Waals surface area contributed by atoms with Crippen LogP contribution < -0.4 is 0 Å². The standard InChI is InChI=1S/C14H19NS/c1-16-15-10-8-14(9-11-15)7-6-12-4-2-3-5-13(12)14/h2-5H,6-11H2,1H3. The predicted molar refractivity (Wildman–Crippen MR) is 70.8 cm³/mol. The molecular formula is C14H19NS. The van der Waals surface area contributed by atoms with Crippen molar-refractivity contribution in [1.82, 2.24) is 4.31 Å². The lowest BCUT2D eigenvalue weighted by atomic mass is 9.74. The lowest BCUT2D eigenvalue weighted by molar-refractivity contribution is 0.244. The summed E-state index contributed by atoms with van der Waals surface area (Å²) >= 11 is 1.90. The second-order valence-electron chi connectivity index (χ2n) is 5.05. The molecule has 0 radical (unpaired) electrons. The largest absolute Gasteiger partial charge is 0.251 e. The number of hydrogen-bond acceptors (Lipinski definition) is 2. The average Bonchev–Trinajstić information content (AvgIpc) is 2.71. The van der Waals surface area contributed by atoms with Crippen LogP contribution in [0, 0.1) is 0 Å². The van der Waals surface area contributed by atoms with Crippen molar-refractivity contribution in [3.05, 3.63) is 35.4 Å². The van der Waals surface area contributed by atoms with E-state index in [-0.39, 0.29) is 0 Å². The van der Waals surface area contributed by atoms with E-state index in [1.165, 1.54) is 38.8 Å². The first-order chi connectivity index (χ1) is 7.84. The van der Waals surface area contributed by atoms with Crippen LogP contribution in [-0.4, -0.2) is 23.7 Å². The Bertz CT molecular complexity index is 380. The molecule has 1 aromatic carbocycles. The minimum atomic E-state index is 0.531. The smallest absolute Gasteiger partial charge is 0.00977 e. The van der Waals surface area contributed by atoms with Gasteiger partial charge in [0.1, 0.15) is 0 Å². The number of fused-ring (bicyclic) bond motifs is 2. The molecule has 0 N–H and O–H groups in total. The van der Waals surface area contributed by atoms with Gasteiger partial charge in [0.2, 0.25) is 0 Å². The van der Waals surface area contributed by atoms with E-state index in [9.17, 15) is 0 Å². The molecule has 3 rings (SSSR count). The van der Waals surface area contributed by atoms with Crippen molar-refractivity contribution in [2.45, 2.75) is 31.1 Å². The summed E-state index contributed by atoms with van der Waals surface area (Å²) in [5, 5.41) is 0. The van der Waals surface area contributed by atoms with Crippen LogP contribution in [0.4, 0.5) is 0 Å². The van der Waals surface area contributed by atoms with Crippen molar-refractivity contribution >= 4 is 11.9 Å². The van der Waals surface area contributed by atoms with Gasteiger partial charge in [0, 0.05) is 13.1 Å². The Kier molecular flexibility index (Phi) is 2.72. The third-order valence-corrected chi connectivity index (χ3v) is 5.28. The molecule has 1 spiro atoms. The zero-order valence-electron chi connectivity index (χ0n) is 9.91. The molecule has 0 saturated carbocycles. The maximum Gasteiger partial charge on any atom is 0.00977 e. The van der Waals surface area contributed by atoms with Crippen LogP contribution in [0.5, 0.6) is 0 Å². The summed E-state index contributed by atoms with van der Waals surface area (Å²) in [5.41, 5.74) is 3.80. The van der Waals surface area contributed by atoms with Gasteiger partial charge in [0.25, 0.3) is 0 Å². The summed E-state index contributed by atoms with van der Waals surface area (Å²) in [4.78, 5) is 0. The van der Waals surface area contributed by atoms with E-state index >= 15 is 0 Å². The fourth-order valence-corrected chi connectivity index (χ4v) is 3.93. The maximum atomic E-state index is 2.51. The maximum absolute atomic E-state index is 2.51. The molecule has 1 nitrogen and oxygen atoms in total. The van der Waals surface area contributed by atoms with Crippen LogP contribution in [-0.2, 0) is 11.8 Å². The molecule has 16 heavy (non-hydrogen) atoms. The van der Waals surface area contributed by atoms with E-state index < -0.39 is 0 Å². The molecule has 0 amide bonds. The molecule has 1 aliphatic heterocycles. The van der Waals surface area contributed by atoms with Crippen LogP contribution in [0.2, 0.25) is 0 Å². The van der Waals surface area contributed by atoms with E-state index in [4.69, 9.17) is 0 Å². The van der Waals surface area contributed by atoms with Crippen molar-refractivity contribution < 1.29 is 0 Å². The number of piperidine rings is 1. The predicted octanol–water partition coefficient (Wildman–Crippen LogP) is 3.24. The van der Waals surface area contributed by atoms with Gasteiger partial charge in [0.15, 0.2) is 0 Å². The Labute approximate surface area is 102 Å². The average molecular weight is 233 g/mol. The minimum absolute atomic E-state index is 0.531. The van der Waals surface area contributed by atoms with Crippen molar-refractivity contribution in [3.8, 4) is 0 Å². The van der Waals surface area contributed by atoms with Crippen LogP contribution in [0.1, 0.15) is 30.4 Å². The number of aryl methyl sites for hydroxylation is 1. The molecule has 0 unspecified atom stereocenters. The van der Waals surface area contributed by atoms with Crippen molar-refractivity contribution in [2.24, 2.45) is 0 Å². The lowest BCUT2D eigenvalue weighted by Gasteiger charge is -2.39. The van der Waals surface area contributed by atoms with Gasteiger partial charge in [-0.05, 0) is 48.5 Å². The number of nitrogens with zero attached hydrogens (tertiary/aromatic N) is 1. The minimum Gasteiger partial charge on any atom is -0.251 e. The monoisotopic (exact) mass is 233 g/mol. The summed E-state index contributed by atoms with van der Waals surface area (Å²) in [7, 11) is 0. The third kappa shape index (κ3) is 1.59. The van der Waals surface area contributed by atoms with Gasteiger partial charge in [-0.25, -0.2) is 0 Å². The van der Waals surface area contributed by atoms with Gasteiger partial charge in [-0.1, -0.05) is 36.2 Å². The highest BCUT2D eigenvalue weighted by Gasteiger charge is 2.40. The highest BCUT2D eigenvalue weighted by Crippen LogP contribution is 2.46.